The Kier molecular flexibility index (Phi) is 6.54. The monoisotopic (exact) mass is 426 g/mol. The van der Waals surface area contributed by atoms with E-state index in [1.807, 2.05) is 12.1 Å². The van der Waals surface area contributed by atoms with E-state index in [1.165, 1.54) is 59.7 Å². The van der Waals surface area contributed by atoms with Gasteiger partial charge in [0.05, 0.1) is 0 Å². The minimum Gasteiger partial charge on any atom is -0.406 e. The molecule has 1 aliphatic rings. The van der Waals surface area contributed by atoms with E-state index in [4.69, 9.17) is 0 Å². The van der Waals surface area contributed by atoms with Gasteiger partial charge in [-0.25, -0.2) is 0 Å². The molecule has 31 heavy (non-hydrogen) atoms. The molecule has 4 rings (SSSR count). The first-order valence-corrected chi connectivity index (χ1v) is 11.3. The Morgan fingerprint density at radius 1 is 0.903 bits per heavy atom. The van der Waals surface area contributed by atoms with Gasteiger partial charge in [-0.05, 0) is 64.8 Å². The highest BCUT2D eigenvalue weighted by Crippen LogP contribution is 2.45. The van der Waals surface area contributed by atoms with Crippen molar-refractivity contribution in [3.05, 3.63) is 77.4 Å². The van der Waals surface area contributed by atoms with Crippen LogP contribution in [0, 0.1) is 5.92 Å². The van der Waals surface area contributed by atoms with Crippen molar-refractivity contribution >= 4 is 10.8 Å². The Labute approximate surface area is 182 Å². The molecular formula is C27H29F3O. The van der Waals surface area contributed by atoms with Gasteiger partial charge in [0.2, 0.25) is 0 Å². The van der Waals surface area contributed by atoms with Gasteiger partial charge < -0.3 is 4.74 Å². The van der Waals surface area contributed by atoms with Gasteiger partial charge in [-0.15, -0.1) is 13.2 Å². The number of halogens is 3. The summed E-state index contributed by atoms with van der Waals surface area (Å²) in [7, 11) is 0. The van der Waals surface area contributed by atoms with Gasteiger partial charge in [-0.2, -0.15) is 0 Å². The summed E-state index contributed by atoms with van der Waals surface area (Å²) in [5.74, 6) is 0.542. The van der Waals surface area contributed by atoms with Crippen LogP contribution in [0.15, 0.2) is 60.7 Å². The summed E-state index contributed by atoms with van der Waals surface area (Å²) in [6.07, 6.45) is 3.55. The fourth-order valence-corrected chi connectivity index (χ4v) is 5.15. The van der Waals surface area contributed by atoms with E-state index in [-0.39, 0.29) is 11.7 Å². The average molecular weight is 427 g/mol. The molecule has 0 saturated carbocycles. The molecule has 0 saturated heterocycles. The minimum absolute atomic E-state index is 0.162. The van der Waals surface area contributed by atoms with Gasteiger partial charge in [-0.3, -0.25) is 0 Å². The number of aryl methyl sites for hydroxylation is 1. The summed E-state index contributed by atoms with van der Waals surface area (Å²) >= 11 is 0. The van der Waals surface area contributed by atoms with Gasteiger partial charge in [0.15, 0.2) is 0 Å². The number of unbranched alkanes of at least 4 members (excludes halogenated alkanes) is 3. The molecule has 3 aromatic rings. The molecule has 0 N–H and O–H groups in total. The number of rotatable bonds is 7. The predicted molar refractivity (Wildman–Crippen MR) is 119 cm³/mol. The molecule has 0 bridgehead atoms. The first-order chi connectivity index (χ1) is 15.0. The zero-order valence-corrected chi connectivity index (χ0v) is 17.9. The Bertz CT molecular complexity index is 1010. The Hall–Kier alpha value is -2.49. The quantitative estimate of drug-likeness (QED) is 0.345. The molecule has 0 aliphatic heterocycles. The molecular weight excluding hydrogens is 397 g/mol. The van der Waals surface area contributed by atoms with Gasteiger partial charge >= 0.3 is 6.36 Å². The molecule has 0 radical (unpaired) electrons. The van der Waals surface area contributed by atoms with Gasteiger partial charge in [0.25, 0.3) is 0 Å². The molecule has 1 nitrogen and oxygen atoms in total. The predicted octanol–water partition coefficient (Wildman–Crippen LogP) is 8.40. The number of alkyl halides is 3. The molecule has 1 aliphatic carbocycles. The Morgan fingerprint density at radius 3 is 2.42 bits per heavy atom. The molecule has 2 atom stereocenters. The first kappa shape index (κ1) is 21.7. The molecule has 164 valence electrons. The van der Waals surface area contributed by atoms with E-state index in [1.54, 1.807) is 0 Å². The fraction of sp³-hybridized carbons (Fsp3) is 0.407. The van der Waals surface area contributed by atoms with Crippen molar-refractivity contribution < 1.29 is 17.9 Å². The van der Waals surface area contributed by atoms with Crippen molar-refractivity contribution in [2.45, 2.75) is 64.1 Å². The second-order valence-electron chi connectivity index (χ2n) is 8.60. The number of fused-ring (bicyclic) bond motifs is 3. The lowest BCUT2D eigenvalue weighted by Gasteiger charge is -2.35. The SMILES string of the molecule is CCCCCC[C@@H]1CCc2c(ccc3ccccc23)[C@H]1c1ccc(OC(F)(F)F)cc1. The summed E-state index contributed by atoms with van der Waals surface area (Å²) in [5.41, 5.74) is 3.80. The van der Waals surface area contributed by atoms with Crippen molar-refractivity contribution in [3.8, 4) is 5.75 Å². The summed E-state index contributed by atoms with van der Waals surface area (Å²) in [4.78, 5) is 0. The number of benzene rings is 3. The number of ether oxygens (including phenoxy) is 1. The lowest BCUT2D eigenvalue weighted by atomic mass is 9.69. The highest BCUT2D eigenvalue weighted by atomic mass is 19.4. The molecule has 0 amide bonds. The van der Waals surface area contributed by atoms with E-state index < -0.39 is 6.36 Å². The van der Waals surface area contributed by atoms with Crippen molar-refractivity contribution in [1.82, 2.24) is 0 Å². The largest absolute Gasteiger partial charge is 0.573 e. The van der Waals surface area contributed by atoms with Crippen LogP contribution >= 0.6 is 0 Å². The normalized spacial score (nSPS) is 18.7. The van der Waals surface area contributed by atoms with E-state index in [9.17, 15) is 13.2 Å². The Balaban J connectivity index is 1.69. The standard InChI is InChI=1S/C27H29F3O/c1-2-3-4-5-9-20-14-17-24-23-10-7-6-8-19(23)13-18-25(24)26(20)21-11-15-22(16-12-21)31-27(28,29)30/h6-8,10-13,15-16,18,20,26H,2-5,9,14,17H2,1H3/t20-,26-/m1/s1. The smallest absolute Gasteiger partial charge is 0.406 e. The number of hydrogen-bond donors (Lipinski definition) is 0. The molecule has 0 aromatic heterocycles. The second kappa shape index (κ2) is 9.33. The van der Waals surface area contributed by atoms with Crippen LogP contribution in [0.1, 0.15) is 68.1 Å². The Morgan fingerprint density at radius 2 is 1.68 bits per heavy atom. The summed E-state index contributed by atoms with van der Waals surface area (Å²) in [5, 5.41) is 2.54. The van der Waals surface area contributed by atoms with Gasteiger partial charge in [-0.1, -0.05) is 81.1 Å². The zero-order chi connectivity index (χ0) is 21.8. The van der Waals surface area contributed by atoms with E-state index in [0.717, 1.165) is 24.8 Å². The van der Waals surface area contributed by atoms with E-state index in [0.29, 0.717) is 5.92 Å². The number of hydrogen-bond acceptors (Lipinski definition) is 1. The third-order valence-corrected chi connectivity index (χ3v) is 6.55. The van der Waals surface area contributed by atoms with Crippen LogP contribution in [-0.2, 0) is 6.42 Å². The van der Waals surface area contributed by atoms with Crippen molar-refractivity contribution in [3.63, 3.8) is 0 Å². The van der Waals surface area contributed by atoms with Crippen LogP contribution in [0.2, 0.25) is 0 Å². The summed E-state index contributed by atoms with van der Waals surface area (Å²) in [6, 6.07) is 19.4. The van der Waals surface area contributed by atoms with Gasteiger partial charge in [0, 0.05) is 5.92 Å². The maximum Gasteiger partial charge on any atom is 0.573 e. The highest BCUT2D eigenvalue weighted by Gasteiger charge is 2.33. The highest BCUT2D eigenvalue weighted by molar-refractivity contribution is 5.87. The van der Waals surface area contributed by atoms with Crippen LogP contribution in [0.25, 0.3) is 10.8 Å². The van der Waals surface area contributed by atoms with Crippen molar-refractivity contribution in [1.29, 1.82) is 0 Å². The lowest BCUT2D eigenvalue weighted by molar-refractivity contribution is -0.274. The fourth-order valence-electron chi connectivity index (χ4n) is 5.15. The zero-order valence-electron chi connectivity index (χ0n) is 17.9. The molecule has 0 heterocycles. The summed E-state index contributed by atoms with van der Waals surface area (Å²) < 4.78 is 41.8. The lowest BCUT2D eigenvalue weighted by Crippen LogP contribution is -2.22. The van der Waals surface area contributed by atoms with Crippen molar-refractivity contribution in [2.75, 3.05) is 0 Å². The van der Waals surface area contributed by atoms with E-state index in [2.05, 4.69) is 48.1 Å². The molecule has 0 fully saturated rings. The maximum atomic E-state index is 12.6. The molecule has 0 spiro atoms. The van der Waals surface area contributed by atoms with Gasteiger partial charge in [0.1, 0.15) is 5.75 Å². The summed E-state index contributed by atoms with van der Waals surface area (Å²) in [6.45, 7) is 2.22. The molecule has 4 heteroatoms. The first-order valence-electron chi connectivity index (χ1n) is 11.3. The van der Waals surface area contributed by atoms with Crippen LogP contribution in [0.5, 0.6) is 5.75 Å². The van der Waals surface area contributed by atoms with Crippen LogP contribution < -0.4 is 4.74 Å². The van der Waals surface area contributed by atoms with Crippen LogP contribution in [0.3, 0.4) is 0 Å². The van der Waals surface area contributed by atoms with Crippen LogP contribution in [-0.4, -0.2) is 6.36 Å². The maximum absolute atomic E-state index is 12.6. The molecule has 3 aromatic carbocycles. The minimum atomic E-state index is -4.67. The van der Waals surface area contributed by atoms with E-state index >= 15 is 0 Å². The van der Waals surface area contributed by atoms with Crippen LogP contribution in [0.4, 0.5) is 13.2 Å². The third-order valence-electron chi connectivity index (χ3n) is 6.55. The topological polar surface area (TPSA) is 9.23 Å². The molecule has 0 unspecified atom stereocenters. The third kappa shape index (κ3) is 5.06. The van der Waals surface area contributed by atoms with Crippen molar-refractivity contribution in [2.24, 2.45) is 5.92 Å². The second-order valence-corrected chi connectivity index (χ2v) is 8.60. The average Bonchev–Trinajstić information content (AvgIpc) is 2.76.